The van der Waals surface area contributed by atoms with E-state index in [1.807, 2.05) is 18.2 Å². The molecule has 3 rings (SSSR count). The summed E-state index contributed by atoms with van der Waals surface area (Å²) in [5, 5.41) is 6.88. The van der Waals surface area contributed by atoms with Gasteiger partial charge in [-0.15, -0.1) is 0 Å². The van der Waals surface area contributed by atoms with E-state index in [4.69, 9.17) is 0 Å². The van der Waals surface area contributed by atoms with Gasteiger partial charge in [0, 0.05) is 15.3 Å². The molecule has 0 aliphatic rings. The molecule has 3 aromatic rings. The molecular formula is C14H10IN5O. The second-order valence-corrected chi connectivity index (χ2v) is 5.42. The van der Waals surface area contributed by atoms with Gasteiger partial charge in [-0.1, -0.05) is 6.07 Å². The minimum absolute atomic E-state index is 0.192. The SMILES string of the molecule is O=C(Nc1cccnc1-n1cncn1)c1cccc(I)c1. The van der Waals surface area contributed by atoms with E-state index in [0.717, 1.165) is 3.57 Å². The van der Waals surface area contributed by atoms with Crippen molar-refractivity contribution >= 4 is 34.2 Å². The van der Waals surface area contributed by atoms with Crippen LogP contribution in [0.4, 0.5) is 5.69 Å². The van der Waals surface area contributed by atoms with E-state index >= 15 is 0 Å². The average molecular weight is 391 g/mol. The Morgan fingerprint density at radius 1 is 1.24 bits per heavy atom. The molecule has 0 unspecified atom stereocenters. The van der Waals surface area contributed by atoms with Crippen molar-refractivity contribution in [1.82, 2.24) is 19.7 Å². The van der Waals surface area contributed by atoms with Gasteiger partial charge < -0.3 is 5.32 Å². The lowest BCUT2D eigenvalue weighted by atomic mass is 10.2. The summed E-state index contributed by atoms with van der Waals surface area (Å²) in [7, 11) is 0. The van der Waals surface area contributed by atoms with Crippen LogP contribution in [0.15, 0.2) is 55.2 Å². The Bertz CT molecular complexity index is 773. The van der Waals surface area contributed by atoms with Crippen LogP contribution in [-0.2, 0) is 0 Å². The molecule has 6 nitrogen and oxygen atoms in total. The summed E-state index contributed by atoms with van der Waals surface area (Å²) in [5.41, 5.74) is 1.17. The third-order valence-electron chi connectivity index (χ3n) is 2.76. The number of carbonyl (C=O) groups excluding carboxylic acids is 1. The lowest BCUT2D eigenvalue weighted by Crippen LogP contribution is -2.14. The molecule has 0 saturated heterocycles. The normalized spacial score (nSPS) is 10.3. The zero-order chi connectivity index (χ0) is 14.7. The minimum Gasteiger partial charge on any atom is -0.319 e. The number of nitrogens with one attached hydrogen (secondary N) is 1. The molecule has 21 heavy (non-hydrogen) atoms. The smallest absolute Gasteiger partial charge is 0.255 e. The first kappa shape index (κ1) is 13.7. The maximum absolute atomic E-state index is 12.3. The van der Waals surface area contributed by atoms with Crippen molar-refractivity contribution in [1.29, 1.82) is 0 Å². The summed E-state index contributed by atoms with van der Waals surface area (Å²) in [6.45, 7) is 0. The van der Waals surface area contributed by atoms with Crippen LogP contribution in [0.2, 0.25) is 0 Å². The van der Waals surface area contributed by atoms with Gasteiger partial charge in [0.25, 0.3) is 5.91 Å². The third kappa shape index (κ3) is 3.07. The second-order valence-electron chi connectivity index (χ2n) is 4.18. The van der Waals surface area contributed by atoms with Gasteiger partial charge in [0.2, 0.25) is 0 Å². The van der Waals surface area contributed by atoms with Crippen LogP contribution in [0.1, 0.15) is 10.4 Å². The first-order valence-corrected chi connectivity index (χ1v) is 7.19. The number of hydrogen-bond donors (Lipinski definition) is 1. The zero-order valence-corrected chi connectivity index (χ0v) is 12.9. The monoisotopic (exact) mass is 391 g/mol. The first-order valence-electron chi connectivity index (χ1n) is 6.11. The standard InChI is InChI=1S/C14H10IN5O/c15-11-4-1-3-10(7-11)14(21)19-12-5-2-6-17-13(12)20-9-16-8-18-20/h1-9H,(H,19,21). The quantitative estimate of drug-likeness (QED) is 0.697. The molecule has 0 spiro atoms. The molecule has 0 bridgehead atoms. The Balaban J connectivity index is 1.90. The number of aromatic nitrogens is 4. The summed E-state index contributed by atoms with van der Waals surface area (Å²) in [6, 6.07) is 10.9. The second kappa shape index (κ2) is 6.00. The number of hydrogen-bond acceptors (Lipinski definition) is 4. The van der Waals surface area contributed by atoms with Crippen molar-refractivity contribution in [2.24, 2.45) is 0 Å². The van der Waals surface area contributed by atoms with Gasteiger partial charge in [0.05, 0.1) is 5.69 Å². The summed E-state index contributed by atoms with van der Waals surface area (Å²) in [4.78, 5) is 20.4. The highest BCUT2D eigenvalue weighted by molar-refractivity contribution is 14.1. The van der Waals surface area contributed by atoms with Crippen LogP contribution in [0, 0.1) is 3.57 Å². The number of pyridine rings is 1. The summed E-state index contributed by atoms with van der Waals surface area (Å²) < 4.78 is 2.51. The summed E-state index contributed by atoms with van der Waals surface area (Å²) in [5.74, 6) is 0.330. The average Bonchev–Trinajstić information content (AvgIpc) is 3.02. The lowest BCUT2D eigenvalue weighted by Gasteiger charge is -2.09. The number of rotatable bonds is 3. The van der Waals surface area contributed by atoms with Gasteiger partial charge in [-0.2, -0.15) is 5.10 Å². The van der Waals surface area contributed by atoms with Crippen LogP contribution in [-0.4, -0.2) is 25.7 Å². The lowest BCUT2D eigenvalue weighted by molar-refractivity contribution is 0.102. The largest absolute Gasteiger partial charge is 0.319 e. The third-order valence-corrected chi connectivity index (χ3v) is 3.43. The molecule has 0 atom stereocenters. The summed E-state index contributed by atoms with van der Waals surface area (Å²) in [6.07, 6.45) is 4.58. The Morgan fingerprint density at radius 2 is 2.14 bits per heavy atom. The zero-order valence-electron chi connectivity index (χ0n) is 10.8. The van der Waals surface area contributed by atoms with Crippen LogP contribution < -0.4 is 5.32 Å². The van der Waals surface area contributed by atoms with Crippen molar-refractivity contribution in [2.75, 3.05) is 5.32 Å². The minimum atomic E-state index is -0.192. The fraction of sp³-hybridized carbons (Fsp3) is 0. The number of benzene rings is 1. The van der Waals surface area contributed by atoms with Crippen molar-refractivity contribution in [3.8, 4) is 5.82 Å². The van der Waals surface area contributed by atoms with E-state index in [-0.39, 0.29) is 5.91 Å². The van der Waals surface area contributed by atoms with Crippen LogP contribution in [0.3, 0.4) is 0 Å². The number of nitrogens with zero attached hydrogens (tertiary/aromatic N) is 4. The molecule has 0 saturated carbocycles. The topological polar surface area (TPSA) is 72.7 Å². The van der Waals surface area contributed by atoms with Crippen molar-refractivity contribution < 1.29 is 4.79 Å². The highest BCUT2D eigenvalue weighted by Gasteiger charge is 2.11. The van der Waals surface area contributed by atoms with E-state index in [0.29, 0.717) is 17.1 Å². The molecule has 0 radical (unpaired) electrons. The molecule has 2 heterocycles. The van der Waals surface area contributed by atoms with Crippen LogP contribution in [0.25, 0.3) is 5.82 Å². The fourth-order valence-corrected chi connectivity index (χ4v) is 2.36. The van der Waals surface area contributed by atoms with Gasteiger partial charge in [-0.05, 0) is 52.9 Å². The maximum atomic E-state index is 12.3. The number of carbonyl (C=O) groups is 1. The van der Waals surface area contributed by atoms with Gasteiger partial charge in [-0.25, -0.2) is 14.6 Å². The molecule has 104 valence electrons. The highest BCUT2D eigenvalue weighted by Crippen LogP contribution is 2.17. The molecule has 1 N–H and O–H groups in total. The first-order chi connectivity index (χ1) is 10.2. The van der Waals surface area contributed by atoms with E-state index in [1.54, 1.807) is 24.4 Å². The van der Waals surface area contributed by atoms with Gasteiger partial charge >= 0.3 is 0 Å². The Hall–Kier alpha value is -2.29. The Kier molecular flexibility index (Phi) is 3.91. The Morgan fingerprint density at radius 3 is 2.90 bits per heavy atom. The summed E-state index contributed by atoms with van der Waals surface area (Å²) >= 11 is 2.17. The molecule has 0 fully saturated rings. The molecule has 1 aromatic carbocycles. The van der Waals surface area contributed by atoms with Crippen LogP contribution in [0.5, 0.6) is 0 Å². The maximum Gasteiger partial charge on any atom is 0.255 e. The molecular weight excluding hydrogens is 381 g/mol. The number of halogens is 1. The molecule has 2 aromatic heterocycles. The Labute approximate surface area is 134 Å². The van der Waals surface area contributed by atoms with E-state index < -0.39 is 0 Å². The molecule has 7 heteroatoms. The van der Waals surface area contributed by atoms with Crippen molar-refractivity contribution in [3.63, 3.8) is 0 Å². The predicted octanol–water partition coefficient (Wildman–Crippen LogP) is 2.52. The molecule has 0 aliphatic carbocycles. The van der Waals surface area contributed by atoms with Gasteiger partial charge in [0.1, 0.15) is 12.7 Å². The predicted molar refractivity (Wildman–Crippen MR) is 86.3 cm³/mol. The highest BCUT2D eigenvalue weighted by atomic mass is 127. The van der Waals surface area contributed by atoms with Crippen molar-refractivity contribution in [3.05, 3.63) is 64.4 Å². The van der Waals surface area contributed by atoms with E-state index in [2.05, 4.69) is 43.0 Å². The van der Waals surface area contributed by atoms with E-state index in [1.165, 1.54) is 17.3 Å². The fourth-order valence-electron chi connectivity index (χ4n) is 1.82. The molecule has 1 amide bonds. The van der Waals surface area contributed by atoms with Gasteiger partial charge in [-0.3, -0.25) is 4.79 Å². The number of amides is 1. The van der Waals surface area contributed by atoms with E-state index in [9.17, 15) is 4.79 Å². The van der Waals surface area contributed by atoms with Gasteiger partial charge in [0.15, 0.2) is 5.82 Å². The van der Waals surface area contributed by atoms with Crippen molar-refractivity contribution in [2.45, 2.75) is 0 Å². The number of anilines is 1. The van der Waals surface area contributed by atoms with Crippen LogP contribution >= 0.6 is 22.6 Å². The molecule has 0 aliphatic heterocycles.